The fourth-order valence-electron chi connectivity index (χ4n) is 2.67. The number of imidazole rings is 1. The molecule has 0 fully saturated rings. The van der Waals surface area contributed by atoms with E-state index < -0.39 is 0 Å². The molecule has 2 heterocycles. The first-order chi connectivity index (χ1) is 12.8. The van der Waals surface area contributed by atoms with E-state index in [9.17, 15) is 4.79 Å². The number of urea groups is 1. The fourth-order valence-corrected chi connectivity index (χ4v) is 3.21. The van der Waals surface area contributed by atoms with Crippen LogP contribution in [-0.4, -0.2) is 27.5 Å². The van der Waals surface area contributed by atoms with Crippen molar-refractivity contribution in [1.29, 1.82) is 0 Å². The average Bonchev–Trinajstić information content (AvgIpc) is 3.31. The quantitative estimate of drug-likeness (QED) is 0.500. The van der Waals surface area contributed by atoms with E-state index in [-0.39, 0.29) is 6.03 Å². The van der Waals surface area contributed by atoms with Gasteiger partial charge >= 0.3 is 6.03 Å². The summed E-state index contributed by atoms with van der Waals surface area (Å²) in [5.41, 5.74) is 6.18. The monoisotopic (exact) mass is 363 g/mol. The van der Waals surface area contributed by atoms with Gasteiger partial charge in [0.1, 0.15) is 5.69 Å². The van der Waals surface area contributed by atoms with Crippen LogP contribution >= 0.6 is 11.3 Å². The smallest absolute Gasteiger partial charge is 0.319 e. The van der Waals surface area contributed by atoms with E-state index in [4.69, 9.17) is 0 Å². The third-order valence-corrected chi connectivity index (χ3v) is 4.54. The zero-order valence-electron chi connectivity index (χ0n) is 13.9. The minimum atomic E-state index is -0.226. The van der Waals surface area contributed by atoms with Gasteiger partial charge in [-0.15, -0.1) is 11.3 Å². The number of H-pyrrole nitrogens is 1. The first kappa shape index (κ1) is 16.3. The number of fused-ring (bicyclic) bond motifs is 1. The van der Waals surface area contributed by atoms with Crippen molar-refractivity contribution in [2.75, 3.05) is 11.9 Å². The van der Waals surface area contributed by atoms with Crippen LogP contribution in [0, 0.1) is 0 Å². The summed E-state index contributed by atoms with van der Waals surface area (Å²) in [5.74, 6) is 0.728. The minimum Gasteiger partial charge on any atom is -0.338 e. The van der Waals surface area contributed by atoms with E-state index in [1.807, 2.05) is 53.9 Å². The summed E-state index contributed by atoms with van der Waals surface area (Å²) >= 11 is 1.53. The number of carbonyl (C=O) groups excluding carboxylic acids is 1. The number of carbonyl (C=O) groups is 1. The number of nitrogens with zero attached hydrogens (tertiary/aromatic N) is 2. The Morgan fingerprint density at radius 1 is 1.15 bits per heavy atom. The van der Waals surface area contributed by atoms with Crippen molar-refractivity contribution >= 4 is 34.1 Å². The van der Waals surface area contributed by atoms with Gasteiger partial charge in [0, 0.05) is 17.6 Å². The largest absolute Gasteiger partial charge is 0.338 e. The summed E-state index contributed by atoms with van der Waals surface area (Å²) in [6.07, 6.45) is 0.795. The molecule has 4 aromatic rings. The van der Waals surface area contributed by atoms with Gasteiger partial charge in [-0.25, -0.2) is 14.8 Å². The van der Waals surface area contributed by atoms with Gasteiger partial charge in [0.15, 0.2) is 5.82 Å². The summed E-state index contributed by atoms with van der Waals surface area (Å²) < 4.78 is 0. The topological polar surface area (TPSA) is 82.7 Å². The molecule has 0 aliphatic rings. The highest BCUT2D eigenvalue weighted by atomic mass is 32.1. The molecular weight excluding hydrogens is 346 g/mol. The van der Waals surface area contributed by atoms with Gasteiger partial charge in [-0.3, -0.25) is 0 Å². The number of hydrogen-bond donors (Lipinski definition) is 3. The van der Waals surface area contributed by atoms with Gasteiger partial charge in [-0.05, 0) is 30.2 Å². The fraction of sp³-hybridized carbons (Fsp3) is 0.105. The molecule has 2 aromatic heterocycles. The van der Waals surface area contributed by atoms with Gasteiger partial charge in [0.05, 0.1) is 16.5 Å². The first-order valence-electron chi connectivity index (χ1n) is 8.25. The van der Waals surface area contributed by atoms with Crippen molar-refractivity contribution in [3.8, 4) is 11.5 Å². The number of hydrogen-bond acceptors (Lipinski definition) is 4. The number of aromatic nitrogens is 3. The van der Waals surface area contributed by atoms with Crippen LogP contribution in [0.2, 0.25) is 0 Å². The second-order valence-corrected chi connectivity index (χ2v) is 6.53. The number of rotatable bonds is 5. The Balaban J connectivity index is 1.38. The maximum Gasteiger partial charge on any atom is 0.319 e. The highest BCUT2D eigenvalue weighted by Crippen LogP contribution is 2.22. The SMILES string of the molecule is O=C(NCCc1ccccc1)Nc1ccc2[nH]c(-c3cscn3)nc2c1. The zero-order chi connectivity index (χ0) is 17.8. The average molecular weight is 363 g/mol. The lowest BCUT2D eigenvalue weighted by Crippen LogP contribution is -2.30. The third kappa shape index (κ3) is 3.73. The molecule has 0 bridgehead atoms. The molecule has 0 aliphatic carbocycles. The zero-order valence-corrected chi connectivity index (χ0v) is 14.7. The van der Waals surface area contributed by atoms with Crippen LogP contribution < -0.4 is 10.6 Å². The summed E-state index contributed by atoms with van der Waals surface area (Å²) in [4.78, 5) is 24.1. The Labute approximate surface area is 154 Å². The molecule has 0 saturated heterocycles. The lowest BCUT2D eigenvalue weighted by atomic mass is 10.1. The number of anilines is 1. The molecule has 0 unspecified atom stereocenters. The Hall–Kier alpha value is -3.19. The van der Waals surface area contributed by atoms with E-state index in [1.54, 1.807) is 5.51 Å². The molecule has 2 aromatic carbocycles. The van der Waals surface area contributed by atoms with Gasteiger partial charge < -0.3 is 15.6 Å². The molecule has 3 N–H and O–H groups in total. The molecule has 4 rings (SSSR count). The number of aromatic amines is 1. The molecule has 6 nitrogen and oxygen atoms in total. The van der Waals surface area contributed by atoms with Crippen molar-refractivity contribution in [2.45, 2.75) is 6.42 Å². The first-order valence-corrected chi connectivity index (χ1v) is 9.19. The van der Waals surface area contributed by atoms with Crippen LogP contribution in [0.15, 0.2) is 59.4 Å². The molecule has 26 heavy (non-hydrogen) atoms. The predicted molar refractivity (Wildman–Crippen MR) is 104 cm³/mol. The minimum absolute atomic E-state index is 0.226. The Bertz CT molecular complexity index is 1010. The van der Waals surface area contributed by atoms with E-state index in [0.717, 1.165) is 29.0 Å². The Morgan fingerprint density at radius 3 is 2.85 bits per heavy atom. The number of nitrogens with one attached hydrogen (secondary N) is 3. The molecule has 0 aliphatic heterocycles. The molecule has 0 atom stereocenters. The molecule has 7 heteroatoms. The van der Waals surface area contributed by atoms with E-state index >= 15 is 0 Å². The normalized spacial score (nSPS) is 10.8. The maximum absolute atomic E-state index is 12.1. The van der Waals surface area contributed by atoms with Crippen LogP contribution in [0.25, 0.3) is 22.6 Å². The Morgan fingerprint density at radius 2 is 2.04 bits per heavy atom. The van der Waals surface area contributed by atoms with Crippen molar-refractivity contribution in [1.82, 2.24) is 20.3 Å². The van der Waals surface area contributed by atoms with E-state index in [2.05, 4.69) is 25.6 Å². The van der Waals surface area contributed by atoms with Crippen LogP contribution in [0.1, 0.15) is 5.56 Å². The molecule has 0 spiro atoms. The molecule has 2 amide bonds. The molecular formula is C19H17N5OS. The lowest BCUT2D eigenvalue weighted by Gasteiger charge is -2.07. The summed E-state index contributed by atoms with van der Waals surface area (Å²) in [7, 11) is 0. The Kier molecular flexibility index (Phi) is 4.61. The predicted octanol–water partition coefficient (Wildman–Crippen LogP) is 4.05. The summed E-state index contributed by atoms with van der Waals surface area (Å²) in [6, 6.07) is 15.4. The summed E-state index contributed by atoms with van der Waals surface area (Å²) in [5, 5.41) is 7.66. The highest BCUT2D eigenvalue weighted by molar-refractivity contribution is 7.07. The van der Waals surface area contributed by atoms with Crippen LogP contribution in [0.4, 0.5) is 10.5 Å². The standard InChI is InChI=1S/C19H17N5OS/c25-19(20-9-8-13-4-2-1-3-5-13)22-14-6-7-15-16(10-14)24-18(23-15)17-11-26-12-21-17/h1-7,10-12H,8-9H2,(H,23,24)(H2,20,22,25). The van der Waals surface area contributed by atoms with Gasteiger partial charge in [0.2, 0.25) is 0 Å². The van der Waals surface area contributed by atoms with Crippen LogP contribution in [0.3, 0.4) is 0 Å². The van der Waals surface area contributed by atoms with Crippen molar-refractivity contribution < 1.29 is 4.79 Å². The van der Waals surface area contributed by atoms with Gasteiger partial charge in [0.25, 0.3) is 0 Å². The number of amides is 2. The lowest BCUT2D eigenvalue weighted by molar-refractivity contribution is 0.252. The summed E-state index contributed by atoms with van der Waals surface area (Å²) in [6.45, 7) is 0.578. The second kappa shape index (κ2) is 7.37. The second-order valence-electron chi connectivity index (χ2n) is 5.81. The van der Waals surface area contributed by atoms with Crippen molar-refractivity contribution in [3.05, 3.63) is 65.0 Å². The number of benzene rings is 2. The maximum atomic E-state index is 12.1. The molecule has 130 valence electrons. The molecule has 0 radical (unpaired) electrons. The van der Waals surface area contributed by atoms with E-state index in [1.165, 1.54) is 16.9 Å². The van der Waals surface area contributed by atoms with Crippen LogP contribution in [0.5, 0.6) is 0 Å². The van der Waals surface area contributed by atoms with Crippen molar-refractivity contribution in [2.24, 2.45) is 0 Å². The highest BCUT2D eigenvalue weighted by Gasteiger charge is 2.08. The van der Waals surface area contributed by atoms with Gasteiger partial charge in [-0.1, -0.05) is 30.3 Å². The third-order valence-electron chi connectivity index (χ3n) is 3.96. The molecule has 0 saturated carbocycles. The van der Waals surface area contributed by atoms with Gasteiger partial charge in [-0.2, -0.15) is 0 Å². The number of thiazole rings is 1. The van der Waals surface area contributed by atoms with Crippen molar-refractivity contribution in [3.63, 3.8) is 0 Å². The van der Waals surface area contributed by atoms with E-state index in [0.29, 0.717) is 12.2 Å². The van der Waals surface area contributed by atoms with Crippen LogP contribution in [-0.2, 0) is 6.42 Å².